The monoisotopic (exact) mass is 216 g/mol. The van der Waals surface area contributed by atoms with Crippen LogP contribution in [0, 0.1) is 13.8 Å². The Balaban J connectivity index is 1.95. The fourth-order valence-corrected chi connectivity index (χ4v) is 1.62. The summed E-state index contributed by atoms with van der Waals surface area (Å²) in [6.07, 6.45) is 3.55. The average molecular weight is 216 g/mol. The number of nitrogens with zero attached hydrogens (tertiary/aromatic N) is 1. The molecule has 0 radical (unpaired) electrons. The van der Waals surface area contributed by atoms with Crippen molar-refractivity contribution in [3.63, 3.8) is 0 Å². The molecular formula is C12H16N4. The van der Waals surface area contributed by atoms with Gasteiger partial charge >= 0.3 is 0 Å². The third kappa shape index (κ3) is 2.41. The minimum absolute atomic E-state index is 0.692. The van der Waals surface area contributed by atoms with Gasteiger partial charge < -0.3 is 10.4 Å². The molecule has 0 bridgehead atoms. The van der Waals surface area contributed by atoms with Crippen LogP contribution in [0.2, 0.25) is 0 Å². The molecule has 0 saturated carbocycles. The van der Waals surface area contributed by atoms with Crippen LogP contribution in [0.3, 0.4) is 0 Å². The Bertz CT molecular complexity index is 428. The van der Waals surface area contributed by atoms with Gasteiger partial charge in [-0.1, -0.05) is 18.2 Å². The Labute approximate surface area is 95.1 Å². The van der Waals surface area contributed by atoms with E-state index in [0.717, 1.165) is 11.4 Å². The molecule has 0 spiro atoms. The topological polar surface area (TPSA) is 52.7 Å². The van der Waals surface area contributed by atoms with E-state index in [1.165, 1.54) is 11.1 Å². The average Bonchev–Trinajstić information content (AvgIpc) is 2.75. The summed E-state index contributed by atoms with van der Waals surface area (Å²) >= 11 is 0. The van der Waals surface area contributed by atoms with Crippen LogP contribution in [-0.2, 0) is 6.54 Å². The molecule has 2 rings (SSSR count). The number of nitrogens with one attached hydrogen (secondary N) is 3. The minimum Gasteiger partial charge on any atom is -0.351 e. The highest BCUT2D eigenvalue weighted by atomic mass is 15.4. The van der Waals surface area contributed by atoms with Crippen molar-refractivity contribution in [3.05, 3.63) is 47.5 Å². The van der Waals surface area contributed by atoms with Crippen molar-refractivity contribution in [3.8, 4) is 0 Å². The molecule has 4 heteroatoms. The molecule has 0 aliphatic heterocycles. The van der Waals surface area contributed by atoms with Gasteiger partial charge in [-0.2, -0.15) is 0 Å². The van der Waals surface area contributed by atoms with Gasteiger partial charge in [0, 0.05) is 6.20 Å². The van der Waals surface area contributed by atoms with Crippen LogP contribution >= 0.6 is 0 Å². The molecule has 2 aromatic rings. The fraction of sp³-hybridized carbons (Fsp3) is 0.250. The standard InChI is InChI=1S/C12H16N4/c1-9-4-3-5-10(2)12(9)16-15-7-11-6-13-8-14-11/h3-6,8,15-16H,7H2,1-2H3,(H,13,14). The van der Waals surface area contributed by atoms with Crippen LogP contribution in [-0.4, -0.2) is 9.97 Å². The minimum atomic E-state index is 0.692. The van der Waals surface area contributed by atoms with E-state index in [1.807, 2.05) is 6.20 Å². The summed E-state index contributed by atoms with van der Waals surface area (Å²) in [7, 11) is 0. The Morgan fingerprint density at radius 2 is 2.00 bits per heavy atom. The molecule has 0 atom stereocenters. The van der Waals surface area contributed by atoms with Crippen molar-refractivity contribution in [2.24, 2.45) is 0 Å². The van der Waals surface area contributed by atoms with E-state index in [2.05, 4.69) is 52.9 Å². The number of para-hydroxylation sites is 1. The van der Waals surface area contributed by atoms with Gasteiger partial charge in [-0.05, 0) is 25.0 Å². The maximum absolute atomic E-state index is 4.13. The van der Waals surface area contributed by atoms with Crippen molar-refractivity contribution < 1.29 is 0 Å². The lowest BCUT2D eigenvalue weighted by molar-refractivity contribution is 0.780. The van der Waals surface area contributed by atoms with Gasteiger partial charge in [0.1, 0.15) is 0 Å². The lowest BCUT2D eigenvalue weighted by atomic mass is 10.1. The molecular weight excluding hydrogens is 200 g/mol. The summed E-state index contributed by atoms with van der Waals surface area (Å²) in [5, 5.41) is 0. The first-order chi connectivity index (χ1) is 7.77. The summed E-state index contributed by atoms with van der Waals surface area (Å²) < 4.78 is 0. The number of hydrazine groups is 1. The predicted molar refractivity (Wildman–Crippen MR) is 65.0 cm³/mol. The summed E-state index contributed by atoms with van der Waals surface area (Å²) in [4.78, 5) is 7.06. The zero-order valence-electron chi connectivity index (χ0n) is 9.54. The number of anilines is 1. The molecule has 1 aromatic carbocycles. The van der Waals surface area contributed by atoms with E-state index >= 15 is 0 Å². The van der Waals surface area contributed by atoms with E-state index in [4.69, 9.17) is 0 Å². The summed E-state index contributed by atoms with van der Waals surface area (Å²) in [5.74, 6) is 0. The number of aryl methyl sites for hydroxylation is 2. The Morgan fingerprint density at radius 1 is 1.25 bits per heavy atom. The molecule has 0 aliphatic carbocycles. The smallest absolute Gasteiger partial charge is 0.0923 e. The summed E-state index contributed by atoms with van der Waals surface area (Å²) in [6.45, 7) is 4.87. The van der Waals surface area contributed by atoms with E-state index in [-0.39, 0.29) is 0 Å². The van der Waals surface area contributed by atoms with Gasteiger partial charge in [0.2, 0.25) is 0 Å². The molecule has 84 valence electrons. The summed E-state index contributed by atoms with van der Waals surface area (Å²) in [5.41, 5.74) is 11.0. The lowest BCUT2D eigenvalue weighted by Gasteiger charge is -2.12. The lowest BCUT2D eigenvalue weighted by Crippen LogP contribution is -2.22. The van der Waals surface area contributed by atoms with Crippen molar-refractivity contribution in [1.82, 2.24) is 15.4 Å². The molecule has 16 heavy (non-hydrogen) atoms. The maximum Gasteiger partial charge on any atom is 0.0923 e. The van der Waals surface area contributed by atoms with Crippen LogP contribution in [0.1, 0.15) is 16.8 Å². The Kier molecular flexibility index (Phi) is 3.22. The van der Waals surface area contributed by atoms with Crippen LogP contribution < -0.4 is 10.9 Å². The third-order valence-corrected chi connectivity index (χ3v) is 2.52. The Morgan fingerprint density at radius 3 is 2.62 bits per heavy atom. The van der Waals surface area contributed by atoms with Crippen molar-refractivity contribution >= 4 is 5.69 Å². The first-order valence-electron chi connectivity index (χ1n) is 5.30. The molecule has 1 heterocycles. The molecule has 0 amide bonds. The normalized spacial score (nSPS) is 10.4. The van der Waals surface area contributed by atoms with Crippen LogP contribution in [0.5, 0.6) is 0 Å². The first-order valence-corrected chi connectivity index (χ1v) is 5.30. The van der Waals surface area contributed by atoms with E-state index < -0.39 is 0 Å². The number of hydrogen-bond donors (Lipinski definition) is 3. The molecule has 0 aliphatic rings. The van der Waals surface area contributed by atoms with Gasteiger partial charge in [0.05, 0.1) is 24.3 Å². The molecule has 1 aromatic heterocycles. The molecule has 0 fully saturated rings. The van der Waals surface area contributed by atoms with Gasteiger partial charge in [-0.3, -0.25) is 0 Å². The second-order valence-electron chi connectivity index (χ2n) is 3.81. The number of H-pyrrole nitrogens is 1. The molecule has 0 saturated heterocycles. The number of hydrogen-bond acceptors (Lipinski definition) is 3. The number of rotatable bonds is 4. The summed E-state index contributed by atoms with van der Waals surface area (Å²) in [6, 6.07) is 6.24. The van der Waals surface area contributed by atoms with E-state index in [0.29, 0.717) is 6.54 Å². The SMILES string of the molecule is Cc1cccc(C)c1NNCc1c[nH]cn1. The van der Waals surface area contributed by atoms with Gasteiger partial charge in [-0.25, -0.2) is 10.4 Å². The molecule has 4 nitrogen and oxygen atoms in total. The maximum atomic E-state index is 4.13. The Hall–Kier alpha value is -1.81. The quantitative estimate of drug-likeness (QED) is 0.686. The highest BCUT2D eigenvalue weighted by Crippen LogP contribution is 2.18. The van der Waals surface area contributed by atoms with Crippen molar-refractivity contribution in [2.45, 2.75) is 20.4 Å². The predicted octanol–water partition coefficient (Wildman–Crippen LogP) is 2.14. The second-order valence-corrected chi connectivity index (χ2v) is 3.81. The zero-order valence-corrected chi connectivity index (χ0v) is 9.54. The largest absolute Gasteiger partial charge is 0.351 e. The van der Waals surface area contributed by atoms with Crippen LogP contribution in [0.4, 0.5) is 5.69 Å². The van der Waals surface area contributed by atoms with Gasteiger partial charge in [-0.15, -0.1) is 0 Å². The highest BCUT2D eigenvalue weighted by Gasteiger charge is 2.00. The highest BCUT2D eigenvalue weighted by molar-refractivity contribution is 5.55. The second kappa shape index (κ2) is 4.81. The fourth-order valence-electron chi connectivity index (χ4n) is 1.62. The van der Waals surface area contributed by atoms with E-state index in [9.17, 15) is 0 Å². The zero-order chi connectivity index (χ0) is 11.4. The first kappa shape index (κ1) is 10.7. The molecule has 0 unspecified atom stereocenters. The van der Waals surface area contributed by atoms with Gasteiger partial charge in [0.25, 0.3) is 0 Å². The van der Waals surface area contributed by atoms with Crippen molar-refractivity contribution in [1.29, 1.82) is 0 Å². The van der Waals surface area contributed by atoms with Gasteiger partial charge in [0.15, 0.2) is 0 Å². The van der Waals surface area contributed by atoms with Crippen LogP contribution in [0.15, 0.2) is 30.7 Å². The van der Waals surface area contributed by atoms with E-state index in [1.54, 1.807) is 6.33 Å². The number of aromatic nitrogens is 2. The third-order valence-electron chi connectivity index (χ3n) is 2.52. The van der Waals surface area contributed by atoms with Crippen molar-refractivity contribution in [2.75, 3.05) is 5.43 Å². The number of benzene rings is 1. The molecule has 3 N–H and O–H groups in total. The van der Waals surface area contributed by atoms with Crippen LogP contribution in [0.25, 0.3) is 0 Å². The number of aromatic amines is 1. The number of imidazole rings is 1.